The van der Waals surface area contributed by atoms with Crippen LogP contribution in [0.4, 0.5) is 5.69 Å². The van der Waals surface area contributed by atoms with Gasteiger partial charge in [-0.15, -0.1) is 11.3 Å². The Labute approximate surface area is 122 Å². The maximum absolute atomic E-state index is 4.52. The Hall–Kier alpha value is -1.88. The number of hydrogen-bond donors (Lipinski definition) is 1. The molecular formula is C15H18N4S. The van der Waals surface area contributed by atoms with Crippen molar-refractivity contribution < 1.29 is 0 Å². The second kappa shape index (κ2) is 5.25. The van der Waals surface area contributed by atoms with Gasteiger partial charge in [0.05, 0.1) is 18.1 Å². The minimum atomic E-state index is 0.327. The number of pyridine rings is 1. The van der Waals surface area contributed by atoms with Crippen LogP contribution < -0.4 is 5.32 Å². The first-order chi connectivity index (χ1) is 9.63. The van der Waals surface area contributed by atoms with Gasteiger partial charge >= 0.3 is 0 Å². The predicted molar refractivity (Wildman–Crippen MR) is 84.3 cm³/mol. The molecule has 0 saturated carbocycles. The van der Waals surface area contributed by atoms with Gasteiger partial charge in [0.25, 0.3) is 0 Å². The Bertz CT molecular complexity index is 726. The normalized spacial score (nSPS) is 11.4. The van der Waals surface area contributed by atoms with Crippen LogP contribution in [-0.2, 0) is 6.54 Å². The molecule has 0 fully saturated rings. The van der Waals surface area contributed by atoms with Gasteiger partial charge in [-0.3, -0.25) is 0 Å². The third-order valence-electron chi connectivity index (χ3n) is 3.19. The van der Waals surface area contributed by atoms with Crippen LogP contribution in [-0.4, -0.2) is 14.8 Å². The fourth-order valence-electron chi connectivity index (χ4n) is 2.18. The summed E-state index contributed by atoms with van der Waals surface area (Å²) in [6.07, 6.45) is 3.76. The SMILES string of the molecule is Cc1ccc(CNc2cnc3c(cnn3C(C)C)c2)s1. The van der Waals surface area contributed by atoms with E-state index in [9.17, 15) is 0 Å². The van der Waals surface area contributed by atoms with E-state index in [1.54, 1.807) is 0 Å². The van der Waals surface area contributed by atoms with Crippen molar-refractivity contribution in [1.82, 2.24) is 14.8 Å². The molecule has 5 heteroatoms. The molecule has 0 saturated heterocycles. The van der Waals surface area contributed by atoms with Crippen LogP contribution >= 0.6 is 11.3 Å². The quantitative estimate of drug-likeness (QED) is 0.788. The number of nitrogens with one attached hydrogen (secondary N) is 1. The third-order valence-corrected chi connectivity index (χ3v) is 4.19. The average Bonchev–Trinajstić information content (AvgIpc) is 3.01. The van der Waals surface area contributed by atoms with E-state index < -0.39 is 0 Å². The second-order valence-corrected chi connectivity index (χ2v) is 6.56. The van der Waals surface area contributed by atoms with Crippen molar-refractivity contribution in [3.8, 4) is 0 Å². The van der Waals surface area contributed by atoms with E-state index in [4.69, 9.17) is 0 Å². The lowest BCUT2D eigenvalue weighted by atomic mass is 10.3. The summed E-state index contributed by atoms with van der Waals surface area (Å²) in [4.78, 5) is 7.20. The number of rotatable bonds is 4. The zero-order valence-corrected chi connectivity index (χ0v) is 12.7. The van der Waals surface area contributed by atoms with Gasteiger partial charge in [-0.05, 0) is 39.0 Å². The van der Waals surface area contributed by atoms with Crippen LogP contribution in [0.1, 0.15) is 29.6 Å². The van der Waals surface area contributed by atoms with Crippen molar-refractivity contribution in [3.05, 3.63) is 40.3 Å². The van der Waals surface area contributed by atoms with Gasteiger partial charge < -0.3 is 5.32 Å². The molecule has 3 rings (SSSR count). The van der Waals surface area contributed by atoms with E-state index in [1.807, 2.05) is 28.4 Å². The molecule has 4 nitrogen and oxygen atoms in total. The lowest BCUT2D eigenvalue weighted by Crippen LogP contribution is -2.03. The van der Waals surface area contributed by atoms with Gasteiger partial charge in [0.2, 0.25) is 0 Å². The zero-order chi connectivity index (χ0) is 14.1. The summed E-state index contributed by atoms with van der Waals surface area (Å²) in [5.41, 5.74) is 1.98. The van der Waals surface area contributed by atoms with Gasteiger partial charge in [0.1, 0.15) is 0 Å². The molecule has 0 aromatic carbocycles. The molecule has 0 aliphatic heterocycles. The summed E-state index contributed by atoms with van der Waals surface area (Å²) in [6.45, 7) is 7.19. The molecule has 0 aliphatic rings. The fourth-order valence-corrected chi connectivity index (χ4v) is 3.01. The molecule has 104 valence electrons. The van der Waals surface area contributed by atoms with Crippen molar-refractivity contribution in [3.63, 3.8) is 0 Å². The van der Waals surface area contributed by atoms with E-state index in [2.05, 4.69) is 54.4 Å². The number of nitrogens with zero attached hydrogens (tertiary/aromatic N) is 3. The number of anilines is 1. The molecule has 3 heterocycles. The molecule has 0 bridgehead atoms. The molecule has 0 radical (unpaired) electrons. The summed E-state index contributed by atoms with van der Waals surface area (Å²) in [5.74, 6) is 0. The van der Waals surface area contributed by atoms with E-state index >= 15 is 0 Å². The van der Waals surface area contributed by atoms with Gasteiger partial charge in [-0.1, -0.05) is 0 Å². The summed E-state index contributed by atoms with van der Waals surface area (Å²) in [6, 6.07) is 6.74. The van der Waals surface area contributed by atoms with Crippen molar-refractivity contribution >= 4 is 28.1 Å². The van der Waals surface area contributed by atoms with Crippen LogP contribution in [0.2, 0.25) is 0 Å². The van der Waals surface area contributed by atoms with Gasteiger partial charge in [0, 0.05) is 27.7 Å². The molecule has 0 atom stereocenters. The average molecular weight is 286 g/mol. The first-order valence-corrected chi connectivity index (χ1v) is 7.57. The third kappa shape index (κ3) is 2.54. The van der Waals surface area contributed by atoms with E-state index in [0.717, 1.165) is 23.3 Å². The van der Waals surface area contributed by atoms with Gasteiger partial charge in [-0.2, -0.15) is 5.10 Å². The van der Waals surface area contributed by atoms with Crippen LogP contribution in [0, 0.1) is 6.92 Å². The molecule has 1 N–H and O–H groups in total. The Balaban J connectivity index is 1.79. The Morgan fingerprint density at radius 3 is 2.85 bits per heavy atom. The molecule has 3 aromatic heterocycles. The monoisotopic (exact) mass is 286 g/mol. The van der Waals surface area contributed by atoms with Crippen LogP contribution in [0.15, 0.2) is 30.6 Å². The first-order valence-electron chi connectivity index (χ1n) is 6.76. The molecule has 0 spiro atoms. The Morgan fingerprint density at radius 2 is 2.15 bits per heavy atom. The summed E-state index contributed by atoms with van der Waals surface area (Å²) in [5, 5.41) is 8.88. The second-order valence-electron chi connectivity index (χ2n) is 5.19. The minimum absolute atomic E-state index is 0.327. The summed E-state index contributed by atoms with van der Waals surface area (Å²) < 4.78 is 1.95. The highest BCUT2D eigenvalue weighted by molar-refractivity contribution is 7.11. The minimum Gasteiger partial charge on any atom is -0.379 e. The van der Waals surface area contributed by atoms with Crippen molar-refractivity contribution in [1.29, 1.82) is 0 Å². The Morgan fingerprint density at radius 1 is 1.30 bits per heavy atom. The van der Waals surface area contributed by atoms with Gasteiger partial charge in [-0.25, -0.2) is 9.67 Å². The van der Waals surface area contributed by atoms with E-state index in [1.165, 1.54) is 9.75 Å². The maximum Gasteiger partial charge on any atom is 0.158 e. The number of aromatic nitrogens is 3. The first kappa shape index (κ1) is 13.1. The van der Waals surface area contributed by atoms with E-state index in [-0.39, 0.29) is 0 Å². The van der Waals surface area contributed by atoms with Crippen molar-refractivity contribution in [2.75, 3.05) is 5.32 Å². The standard InChI is InChI=1S/C15H18N4S/c1-10(2)19-15-12(7-18-19)6-13(8-17-15)16-9-14-5-4-11(3)20-14/h4-8,10,16H,9H2,1-3H3. The number of aryl methyl sites for hydroxylation is 1. The van der Waals surface area contributed by atoms with Crippen molar-refractivity contribution in [2.45, 2.75) is 33.4 Å². The molecule has 0 unspecified atom stereocenters. The molecular weight excluding hydrogens is 268 g/mol. The fraction of sp³-hybridized carbons (Fsp3) is 0.333. The Kier molecular flexibility index (Phi) is 3.44. The highest BCUT2D eigenvalue weighted by Gasteiger charge is 2.07. The van der Waals surface area contributed by atoms with Crippen LogP contribution in [0.25, 0.3) is 11.0 Å². The predicted octanol–water partition coefficient (Wildman–Crippen LogP) is 3.99. The van der Waals surface area contributed by atoms with E-state index in [0.29, 0.717) is 6.04 Å². The topological polar surface area (TPSA) is 42.7 Å². The number of fused-ring (bicyclic) bond motifs is 1. The number of hydrogen-bond acceptors (Lipinski definition) is 4. The zero-order valence-electron chi connectivity index (χ0n) is 11.9. The molecule has 0 amide bonds. The van der Waals surface area contributed by atoms with Crippen LogP contribution in [0.5, 0.6) is 0 Å². The summed E-state index contributed by atoms with van der Waals surface area (Å²) in [7, 11) is 0. The molecule has 0 aliphatic carbocycles. The molecule has 20 heavy (non-hydrogen) atoms. The maximum atomic E-state index is 4.52. The largest absolute Gasteiger partial charge is 0.379 e. The highest BCUT2D eigenvalue weighted by atomic mass is 32.1. The lowest BCUT2D eigenvalue weighted by molar-refractivity contribution is 0.546. The van der Waals surface area contributed by atoms with Crippen LogP contribution in [0.3, 0.4) is 0 Å². The van der Waals surface area contributed by atoms with Crippen molar-refractivity contribution in [2.24, 2.45) is 0 Å². The highest BCUT2D eigenvalue weighted by Crippen LogP contribution is 2.21. The molecule has 3 aromatic rings. The van der Waals surface area contributed by atoms with Gasteiger partial charge in [0.15, 0.2) is 5.65 Å². The lowest BCUT2D eigenvalue weighted by Gasteiger charge is -2.07. The smallest absolute Gasteiger partial charge is 0.158 e. The number of thiophene rings is 1. The summed E-state index contributed by atoms with van der Waals surface area (Å²) >= 11 is 1.82.